The number of fused-ring (bicyclic) bond motifs is 1. The molecule has 1 aromatic heterocycles. The molecule has 2 aromatic carbocycles. The van der Waals surface area contributed by atoms with Gasteiger partial charge in [-0.25, -0.2) is 8.42 Å². The van der Waals surface area contributed by atoms with Gasteiger partial charge in [0.05, 0.1) is 23.0 Å². The Kier molecular flexibility index (Phi) is 10.1. The van der Waals surface area contributed by atoms with Gasteiger partial charge in [-0.1, -0.05) is 24.3 Å². The molecule has 0 fully saturated rings. The number of β-amino-alcohol motifs (C(OH)–C–C–N with tert-alkyl or cyclic N) is 1. The van der Waals surface area contributed by atoms with Gasteiger partial charge in [0.2, 0.25) is 10.0 Å². The highest BCUT2D eigenvalue weighted by molar-refractivity contribution is 7.89. The van der Waals surface area contributed by atoms with Crippen LogP contribution in [0.3, 0.4) is 0 Å². The molecule has 234 valence electrons. The van der Waals surface area contributed by atoms with E-state index in [2.05, 4.69) is 17.4 Å². The van der Waals surface area contributed by atoms with Crippen molar-refractivity contribution in [3.8, 4) is 11.1 Å². The van der Waals surface area contributed by atoms with E-state index in [0.717, 1.165) is 29.6 Å². The van der Waals surface area contributed by atoms with E-state index in [1.54, 1.807) is 11.4 Å². The largest absolute Gasteiger partial charge is 0.481 e. The maximum atomic E-state index is 13.8. The van der Waals surface area contributed by atoms with E-state index in [-0.39, 0.29) is 37.0 Å². The third-order valence-electron chi connectivity index (χ3n) is 7.78. The molecule has 0 saturated carbocycles. The Morgan fingerprint density at radius 3 is 2.37 bits per heavy atom. The number of carbonyl (C=O) groups is 1. The Morgan fingerprint density at radius 1 is 1.12 bits per heavy atom. The molecule has 3 aromatic rings. The summed E-state index contributed by atoms with van der Waals surface area (Å²) >= 11 is 1.20. The number of nitrogens with zero attached hydrogens (tertiary/aromatic N) is 1. The highest BCUT2D eigenvalue weighted by atomic mass is 32.2. The molecular formula is C31H37F3N2O5S2. The number of rotatable bonds is 13. The number of carboxylic acids is 1. The van der Waals surface area contributed by atoms with E-state index in [1.807, 2.05) is 26.0 Å². The first kappa shape index (κ1) is 33.1. The average Bonchev–Trinajstić information content (AvgIpc) is 3.56. The van der Waals surface area contributed by atoms with Crippen LogP contribution in [0.4, 0.5) is 13.2 Å². The summed E-state index contributed by atoms with van der Waals surface area (Å²) in [4.78, 5) is 11.0. The summed E-state index contributed by atoms with van der Waals surface area (Å²) < 4.78 is 69.3. The molecule has 3 N–H and O–H groups in total. The van der Waals surface area contributed by atoms with Crippen LogP contribution < -0.4 is 5.32 Å². The van der Waals surface area contributed by atoms with Crippen molar-refractivity contribution < 1.29 is 36.6 Å². The maximum Gasteiger partial charge on any atom is 0.416 e. The van der Waals surface area contributed by atoms with Crippen molar-refractivity contribution in [3.63, 3.8) is 0 Å². The first-order chi connectivity index (χ1) is 20.0. The lowest BCUT2D eigenvalue weighted by molar-refractivity contribution is -0.138. The number of sulfonamides is 1. The van der Waals surface area contributed by atoms with Crippen molar-refractivity contribution in [1.82, 2.24) is 9.62 Å². The molecule has 12 heteroatoms. The van der Waals surface area contributed by atoms with Crippen LogP contribution in [-0.4, -0.2) is 60.7 Å². The Bertz CT molecular complexity index is 1530. The van der Waals surface area contributed by atoms with E-state index in [0.29, 0.717) is 22.4 Å². The fraction of sp³-hybridized carbons (Fsp3) is 0.452. The van der Waals surface area contributed by atoms with Gasteiger partial charge in [0.1, 0.15) is 0 Å². The second-order valence-electron chi connectivity index (χ2n) is 11.8. The van der Waals surface area contributed by atoms with Gasteiger partial charge in [-0.15, -0.1) is 11.3 Å². The molecule has 43 heavy (non-hydrogen) atoms. The SMILES string of the molecule is CN(C[C@H](O)CNC(C)(C)CC1Cc2ccccc2C1)S(=O)(=O)c1cc(-c2ccsc2CCC(=O)O)cc(C(F)(F)F)c1. The molecule has 0 bridgehead atoms. The Balaban J connectivity index is 1.45. The predicted octanol–water partition coefficient (Wildman–Crippen LogP) is 5.61. The highest BCUT2D eigenvalue weighted by Crippen LogP contribution is 2.38. The standard InChI is InChI=1S/C31H37F3N2O5S2/c1-30(2,17-20-12-21-6-4-5-7-22(21)13-20)35-18-25(37)19-36(3)43(40,41)26-15-23(14-24(16-26)31(32,33)34)27-10-11-42-28(27)8-9-29(38)39/h4-7,10-11,14-16,20,25,35,37H,8-9,12-13,17-19H2,1-3H3,(H,38,39)/t25-/m1/s1. The molecule has 0 aliphatic heterocycles. The fourth-order valence-corrected chi connectivity index (χ4v) is 7.88. The smallest absolute Gasteiger partial charge is 0.416 e. The van der Waals surface area contributed by atoms with Crippen molar-refractivity contribution in [2.24, 2.45) is 5.92 Å². The Labute approximate surface area is 254 Å². The summed E-state index contributed by atoms with van der Waals surface area (Å²) in [6.45, 7) is 3.83. The minimum Gasteiger partial charge on any atom is -0.481 e. The number of alkyl halides is 3. The summed E-state index contributed by atoms with van der Waals surface area (Å²) in [5, 5.41) is 24.7. The number of hydrogen-bond donors (Lipinski definition) is 3. The number of thiophene rings is 1. The predicted molar refractivity (Wildman–Crippen MR) is 161 cm³/mol. The first-order valence-electron chi connectivity index (χ1n) is 14.0. The minimum atomic E-state index is -4.81. The third-order valence-corrected chi connectivity index (χ3v) is 10.6. The van der Waals surface area contributed by atoms with Gasteiger partial charge in [-0.05, 0) is 97.3 Å². The quantitative estimate of drug-likeness (QED) is 0.225. The van der Waals surface area contributed by atoms with Gasteiger partial charge < -0.3 is 15.5 Å². The summed E-state index contributed by atoms with van der Waals surface area (Å²) in [6.07, 6.45) is -3.21. The van der Waals surface area contributed by atoms with Crippen molar-refractivity contribution in [2.75, 3.05) is 20.1 Å². The molecule has 7 nitrogen and oxygen atoms in total. The monoisotopic (exact) mass is 638 g/mol. The van der Waals surface area contributed by atoms with E-state index < -0.39 is 38.7 Å². The van der Waals surface area contributed by atoms with Gasteiger partial charge >= 0.3 is 12.1 Å². The van der Waals surface area contributed by atoms with E-state index in [4.69, 9.17) is 5.11 Å². The lowest BCUT2D eigenvalue weighted by Gasteiger charge is -2.31. The van der Waals surface area contributed by atoms with Crippen molar-refractivity contribution in [1.29, 1.82) is 0 Å². The number of carboxylic acid groups (broad SMARTS) is 1. The highest BCUT2D eigenvalue weighted by Gasteiger charge is 2.34. The van der Waals surface area contributed by atoms with Gasteiger partial charge in [-0.2, -0.15) is 17.5 Å². The number of hydrogen-bond acceptors (Lipinski definition) is 6. The normalized spacial score (nSPS) is 15.2. The number of aryl methyl sites for hydroxylation is 1. The molecule has 0 amide bonds. The minimum absolute atomic E-state index is 0.0291. The molecular weight excluding hydrogens is 601 g/mol. The van der Waals surface area contributed by atoms with E-state index >= 15 is 0 Å². The van der Waals surface area contributed by atoms with E-state index in [1.165, 1.54) is 35.6 Å². The molecule has 0 spiro atoms. The van der Waals surface area contributed by atoms with Crippen LogP contribution in [0.2, 0.25) is 0 Å². The topological polar surface area (TPSA) is 107 Å². The fourth-order valence-electron chi connectivity index (χ4n) is 5.70. The zero-order valence-electron chi connectivity index (χ0n) is 24.3. The van der Waals surface area contributed by atoms with Gasteiger partial charge in [-0.3, -0.25) is 4.79 Å². The van der Waals surface area contributed by atoms with Crippen molar-refractivity contribution in [2.45, 2.75) is 68.7 Å². The molecule has 1 atom stereocenters. The summed E-state index contributed by atoms with van der Waals surface area (Å²) in [7, 11) is -3.19. The van der Waals surface area contributed by atoms with Crippen LogP contribution in [0, 0.1) is 5.92 Å². The van der Waals surface area contributed by atoms with Gasteiger partial charge in [0.25, 0.3) is 0 Å². The number of aliphatic hydroxyl groups is 1. The molecule has 1 aliphatic rings. The second-order valence-corrected chi connectivity index (χ2v) is 14.9. The zero-order valence-corrected chi connectivity index (χ0v) is 26.0. The lowest BCUT2D eigenvalue weighted by Crippen LogP contribution is -2.47. The first-order valence-corrected chi connectivity index (χ1v) is 16.3. The number of aliphatic carboxylic acids is 1. The van der Waals surface area contributed by atoms with Crippen molar-refractivity contribution >= 4 is 27.3 Å². The summed E-state index contributed by atoms with van der Waals surface area (Å²) in [5.41, 5.74) is 1.62. The van der Waals surface area contributed by atoms with E-state index in [9.17, 15) is 31.5 Å². The second kappa shape index (κ2) is 13.1. The maximum absolute atomic E-state index is 13.8. The van der Waals surface area contributed by atoms with Crippen LogP contribution in [0.1, 0.15) is 48.3 Å². The zero-order chi connectivity index (χ0) is 31.6. The van der Waals surface area contributed by atoms with Crippen LogP contribution in [0.25, 0.3) is 11.1 Å². The van der Waals surface area contributed by atoms with Crippen LogP contribution >= 0.6 is 11.3 Å². The van der Waals surface area contributed by atoms with Crippen LogP contribution in [0.15, 0.2) is 58.8 Å². The molecule has 0 saturated heterocycles. The number of likely N-dealkylation sites (N-methyl/N-ethyl adjacent to an activating group) is 1. The average molecular weight is 639 g/mol. The molecule has 1 aliphatic carbocycles. The van der Waals surface area contributed by atoms with Gasteiger partial charge in [0, 0.05) is 30.6 Å². The number of halogens is 3. The Morgan fingerprint density at radius 2 is 1.77 bits per heavy atom. The number of aliphatic hydroxyl groups excluding tert-OH is 1. The molecule has 0 unspecified atom stereocenters. The number of benzene rings is 2. The summed E-state index contributed by atoms with van der Waals surface area (Å²) in [5.74, 6) is -0.600. The molecule has 4 rings (SSSR count). The molecule has 1 heterocycles. The third kappa shape index (κ3) is 8.45. The summed E-state index contributed by atoms with van der Waals surface area (Å²) in [6, 6.07) is 12.5. The van der Waals surface area contributed by atoms with Gasteiger partial charge in [0.15, 0.2) is 0 Å². The van der Waals surface area contributed by atoms with Crippen LogP contribution in [0.5, 0.6) is 0 Å². The molecule has 0 radical (unpaired) electrons. The van der Waals surface area contributed by atoms with Crippen LogP contribution in [-0.2, 0) is 40.3 Å². The lowest BCUT2D eigenvalue weighted by atomic mass is 9.88. The number of nitrogens with one attached hydrogen (secondary N) is 1. The Hall–Kier alpha value is -2.77. The van der Waals surface area contributed by atoms with Crippen molar-refractivity contribution in [3.05, 3.63) is 75.5 Å².